The van der Waals surface area contributed by atoms with Crippen LogP contribution in [0.3, 0.4) is 0 Å². The number of hydrogen-bond donors (Lipinski definition) is 0. The zero-order valence-electron chi connectivity index (χ0n) is 15.1. The van der Waals surface area contributed by atoms with Crippen molar-refractivity contribution in [3.8, 4) is 0 Å². The molecule has 0 heterocycles. The fourth-order valence-electron chi connectivity index (χ4n) is 3.06. The summed E-state index contributed by atoms with van der Waals surface area (Å²) in [6, 6.07) is 0. The van der Waals surface area contributed by atoms with E-state index in [2.05, 4.69) is 32.1 Å². The summed E-state index contributed by atoms with van der Waals surface area (Å²) in [6.45, 7) is 4.18. The Morgan fingerprint density at radius 3 is 2.39 bits per heavy atom. The van der Waals surface area contributed by atoms with E-state index >= 15 is 0 Å². The third-order valence-electron chi connectivity index (χ3n) is 4.56. The number of rotatable bonds is 2. The molecule has 0 aromatic carbocycles. The van der Waals surface area contributed by atoms with Crippen molar-refractivity contribution >= 4 is 11.6 Å². The summed E-state index contributed by atoms with van der Waals surface area (Å²) in [4.78, 5) is 24.3. The van der Waals surface area contributed by atoms with Gasteiger partial charge in [0, 0.05) is 25.2 Å². The molecule has 0 bridgehead atoms. The van der Waals surface area contributed by atoms with Gasteiger partial charge in [0.25, 0.3) is 0 Å². The van der Waals surface area contributed by atoms with Gasteiger partial charge in [-0.3, -0.25) is 9.59 Å². The summed E-state index contributed by atoms with van der Waals surface area (Å²) in [5.74, 6) is 0.838. The molecule has 0 saturated heterocycles. The van der Waals surface area contributed by atoms with Crippen LogP contribution in [0, 0.1) is 5.92 Å². The first-order chi connectivity index (χ1) is 11.1. The van der Waals surface area contributed by atoms with E-state index in [-0.39, 0.29) is 5.92 Å². The van der Waals surface area contributed by atoms with Crippen LogP contribution in [-0.4, -0.2) is 11.6 Å². The van der Waals surface area contributed by atoms with Gasteiger partial charge in [0.2, 0.25) is 0 Å². The van der Waals surface area contributed by atoms with Crippen molar-refractivity contribution < 1.29 is 9.59 Å². The van der Waals surface area contributed by atoms with Gasteiger partial charge in [-0.05, 0) is 58.8 Å². The molecule has 1 rings (SSSR count). The van der Waals surface area contributed by atoms with Crippen LogP contribution < -0.4 is 0 Å². The second kappa shape index (κ2) is 12.3. The van der Waals surface area contributed by atoms with Crippen molar-refractivity contribution in [2.45, 2.75) is 90.9 Å². The van der Waals surface area contributed by atoms with E-state index in [1.807, 2.05) is 0 Å². The van der Waals surface area contributed by atoms with Gasteiger partial charge in [-0.15, -0.1) is 0 Å². The van der Waals surface area contributed by atoms with Crippen LogP contribution in [0.15, 0.2) is 23.8 Å². The maximum Gasteiger partial charge on any atom is 0.136 e. The number of carbonyl (C=O) groups is 2. The number of ketones is 2. The maximum absolute atomic E-state index is 12.5. The summed E-state index contributed by atoms with van der Waals surface area (Å²) in [5.41, 5.74) is 1.28. The number of hydrogen-bond acceptors (Lipinski definition) is 2. The molecule has 1 aliphatic carbocycles. The van der Waals surface area contributed by atoms with Gasteiger partial charge in [-0.25, -0.2) is 0 Å². The van der Waals surface area contributed by atoms with Gasteiger partial charge in [-0.2, -0.15) is 0 Å². The predicted molar refractivity (Wildman–Crippen MR) is 97.5 cm³/mol. The Hall–Kier alpha value is -1.18. The molecule has 0 N–H and O–H groups in total. The normalized spacial score (nSPS) is 24.2. The zero-order chi connectivity index (χ0) is 16.9. The minimum absolute atomic E-state index is 0.156. The van der Waals surface area contributed by atoms with Gasteiger partial charge >= 0.3 is 0 Å². The maximum atomic E-state index is 12.5. The van der Waals surface area contributed by atoms with Crippen LogP contribution in [0.5, 0.6) is 0 Å². The highest BCUT2D eigenvalue weighted by atomic mass is 16.1. The molecule has 1 atom stereocenters. The molecule has 0 fully saturated rings. The molecule has 1 aliphatic rings. The fraction of sp³-hybridized carbons (Fsp3) is 0.714. The number of allylic oxidation sites excluding steroid dienone is 4. The molecule has 2 heteroatoms. The standard InChI is InChI=1S/C21H34O2/c1-18(2)16-17-19-12-9-7-5-3-4-6-8-10-13-20(22)14-11-15-21(19)23/h4,6,16,19H,3,5,7-15,17H2,1-2H3/b6-4-. The van der Waals surface area contributed by atoms with Gasteiger partial charge in [0.1, 0.15) is 11.6 Å². The van der Waals surface area contributed by atoms with Crippen molar-refractivity contribution in [2.75, 3.05) is 0 Å². The molecule has 0 amide bonds. The Morgan fingerprint density at radius 1 is 0.957 bits per heavy atom. The first-order valence-electron chi connectivity index (χ1n) is 9.42. The predicted octanol–water partition coefficient (Wildman–Crippen LogP) is 5.96. The van der Waals surface area contributed by atoms with Crippen LogP contribution in [0.2, 0.25) is 0 Å². The van der Waals surface area contributed by atoms with Gasteiger partial charge in [-0.1, -0.05) is 36.6 Å². The lowest BCUT2D eigenvalue weighted by molar-refractivity contribution is -0.123. The summed E-state index contributed by atoms with van der Waals surface area (Å²) in [7, 11) is 0. The quantitative estimate of drug-likeness (QED) is 0.589. The van der Waals surface area contributed by atoms with E-state index < -0.39 is 0 Å². The molecule has 0 radical (unpaired) electrons. The minimum atomic E-state index is 0.156. The molecular weight excluding hydrogens is 284 g/mol. The Bertz CT molecular complexity index is 414. The topological polar surface area (TPSA) is 34.1 Å². The second-order valence-corrected chi connectivity index (χ2v) is 7.07. The molecule has 0 aliphatic heterocycles. The Balaban J connectivity index is 2.56. The van der Waals surface area contributed by atoms with Crippen LogP contribution in [-0.2, 0) is 9.59 Å². The van der Waals surface area contributed by atoms with Crippen LogP contribution in [0.1, 0.15) is 90.9 Å². The first kappa shape index (κ1) is 19.9. The Kier molecular flexibility index (Phi) is 10.6. The molecule has 0 spiro atoms. The van der Waals surface area contributed by atoms with Crippen LogP contribution in [0.25, 0.3) is 0 Å². The Morgan fingerprint density at radius 2 is 1.65 bits per heavy atom. The van der Waals surface area contributed by atoms with E-state index in [1.165, 1.54) is 18.4 Å². The first-order valence-corrected chi connectivity index (χ1v) is 9.42. The molecule has 2 nitrogen and oxygen atoms in total. The average Bonchev–Trinajstić information content (AvgIpc) is 2.50. The van der Waals surface area contributed by atoms with E-state index in [0.717, 1.165) is 44.9 Å². The van der Waals surface area contributed by atoms with Crippen molar-refractivity contribution in [2.24, 2.45) is 5.92 Å². The summed E-state index contributed by atoms with van der Waals surface area (Å²) in [6.07, 6.45) is 17.7. The molecule has 0 aromatic heterocycles. The molecule has 0 saturated carbocycles. The minimum Gasteiger partial charge on any atom is -0.300 e. The van der Waals surface area contributed by atoms with Crippen molar-refractivity contribution in [3.63, 3.8) is 0 Å². The second-order valence-electron chi connectivity index (χ2n) is 7.07. The molecule has 23 heavy (non-hydrogen) atoms. The third kappa shape index (κ3) is 10.3. The van der Waals surface area contributed by atoms with E-state index in [1.54, 1.807) is 0 Å². The monoisotopic (exact) mass is 318 g/mol. The fourth-order valence-corrected chi connectivity index (χ4v) is 3.06. The van der Waals surface area contributed by atoms with Crippen LogP contribution in [0.4, 0.5) is 0 Å². The van der Waals surface area contributed by atoms with Crippen molar-refractivity contribution in [1.29, 1.82) is 0 Å². The van der Waals surface area contributed by atoms with Gasteiger partial charge in [0.15, 0.2) is 0 Å². The van der Waals surface area contributed by atoms with Crippen molar-refractivity contribution in [1.82, 2.24) is 0 Å². The smallest absolute Gasteiger partial charge is 0.136 e. The molecule has 0 aromatic rings. The van der Waals surface area contributed by atoms with E-state index in [4.69, 9.17) is 0 Å². The van der Waals surface area contributed by atoms with Gasteiger partial charge < -0.3 is 0 Å². The largest absolute Gasteiger partial charge is 0.300 e. The third-order valence-corrected chi connectivity index (χ3v) is 4.56. The SMILES string of the molecule is CC(C)=CCC1CCCCC/C=C\CCCC(=O)CCCC1=O. The molecule has 130 valence electrons. The lowest BCUT2D eigenvalue weighted by atomic mass is 9.89. The molecule has 1 unspecified atom stereocenters. The van der Waals surface area contributed by atoms with E-state index in [0.29, 0.717) is 30.8 Å². The highest BCUT2D eigenvalue weighted by Crippen LogP contribution is 2.20. The lowest BCUT2D eigenvalue weighted by Crippen LogP contribution is -2.14. The zero-order valence-corrected chi connectivity index (χ0v) is 15.1. The highest BCUT2D eigenvalue weighted by Gasteiger charge is 2.17. The Labute approximate surface area is 142 Å². The number of carbonyl (C=O) groups excluding carboxylic acids is 2. The molecular formula is C21H34O2. The summed E-state index contributed by atoms with van der Waals surface area (Å²) in [5, 5.41) is 0. The summed E-state index contributed by atoms with van der Waals surface area (Å²) < 4.78 is 0. The van der Waals surface area contributed by atoms with Crippen LogP contribution >= 0.6 is 0 Å². The van der Waals surface area contributed by atoms with Crippen molar-refractivity contribution in [3.05, 3.63) is 23.8 Å². The summed E-state index contributed by atoms with van der Waals surface area (Å²) >= 11 is 0. The average molecular weight is 319 g/mol. The number of Topliss-reactive ketones (excluding diaryl/α,β-unsaturated/α-hetero) is 2. The lowest BCUT2D eigenvalue weighted by Gasteiger charge is -2.14. The highest BCUT2D eigenvalue weighted by molar-refractivity contribution is 5.82. The van der Waals surface area contributed by atoms with Gasteiger partial charge in [0.05, 0.1) is 0 Å². The van der Waals surface area contributed by atoms with E-state index in [9.17, 15) is 9.59 Å².